The number of carbonyl (C=O) groups excluding carboxylic acids is 1. The quantitative estimate of drug-likeness (QED) is 0.795. The predicted octanol–water partition coefficient (Wildman–Crippen LogP) is 1.32. The number of nitrogens with two attached hydrogens (primary N) is 1. The number of nitrogens with one attached hydrogen (secondary N) is 1. The first-order valence-electron chi connectivity index (χ1n) is 5.21. The van der Waals surface area contributed by atoms with Gasteiger partial charge < -0.3 is 15.8 Å². The summed E-state index contributed by atoms with van der Waals surface area (Å²) in [5.41, 5.74) is 6.54. The van der Waals surface area contributed by atoms with Crippen LogP contribution in [-0.4, -0.2) is 23.0 Å². The normalized spacial score (nSPS) is 9.83. The van der Waals surface area contributed by atoms with Gasteiger partial charge in [0.1, 0.15) is 5.75 Å². The van der Waals surface area contributed by atoms with Crippen molar-refractivity contribution >= 4 is 17.4 Å². The maximum Gasteiger partial charge on any atom is 0.260 e. The van der Waals surface area contributed by atoms with Crippen LogP contribution in [-0.2, 0) is 0 Å². The highest BCUT2D eigenvalue weighted by Gasteiger charge is 2.13. The van der Waals surface area contributed by atoms with Gasteiger partial charge in [0.05, 0.1) is 18.9 Å². The summed E-state index contributed by atoms with van der Waals surface area (Å²) in [6.07, 6.45) is 4.48. The van der Waals surface area contributed by atoms with Crippen molar-refractivity contribution in [1.29, 1.82) is 0 Å². The monoisotopic (exact) mass is 244 g/mol. The minimum Gasteiger partial charge on any atom is -0.496 e. The zero-order valence-corrected chi connectivity index (χ0v) is 9.75. The Morgan fingerprint density at radius 3 is 2.89 bits per heavy atom. The Hall–Kier alpha value is -2.63. The Morgan fingerprint density at radius 2 is 2.22 bits per heavy atom. The van der Waals surface area contributed by atoms with Gasteiger partial charge in [-0.05, 0) is 12.1 Å². The summed E-state index contributed by atoms with van der Waals surface area (Å²) in [5.74, 6) is 0.463. The number of carbonyl (C=O) groups is 1. The number of hydrogen-bond acceptors (Lipinski definition) is 5. The van der Waals surface area contributed by atoms with Crippen molar-refractivity contribution in [2.45, 2.75) is 0 Å². The van der Waals surface area contributed by atoms with Crippen LogP contribution in [0.2, 0.25) is 0 Å². The van der Waals surface area contributed by atoms with E-state index in [9.17, 15) is 4.79 Å². The van der Waals surface area contributed by atoms with E-state index in [0.29, 0.717) is 22.8 Å². The first-order chi connectivity index (χ1) is 8.70. The van der Waals surface area contributed by atoms with Crippen molar-refractivity contribution in [2.24, 2.45) is 0 Å². The molecule has 2 aromatic rings. The highest BCUT2D eigenvalue weighted by Crippen LogP contribution is 2.22. The molecule has 1 heterocycles. The molecule has 6 heteroatoms. The third-order valence-electron chi connectivity index (χ3n) is 2.27. The molecule has 1 amide bonds. The first kappa shape index (κ1) is 11.8. The number of benzene rings is 1. The molecule has 3 N–H and O–H groups in total. The smallest absolute Gasteiger partial charge is 0.260 e. The van der Waals surface area contributed by atoms with E-state index in [1.807, 2.05) is 0 Å². The first-order valence-corrected chi connectivity index (χ1v) is 5.21. The van der Waals surface area contributed by atoms with Gasteiger partial charge in [-0.3, -0.25) is 9.78 Å². The summed E-state index contributed by atoms with van der Waals surface area (Å²) in [6, 6.07) is 4.82. The van der Waals surface area contributed by atoms with Gasteiger partial charge in [0.2, 0.25) is 0 Å². The lowest BCUT2D eigenvalue weighted by atomic mass is 10.1. The van der Waals surface area contributed by atoms with E-state index < -0.39 is 0 Å². The number of hydrogen-bond donors (Lipinski definition) is 2. The summed E-state index contributed by atoms with van der Waals surface area (Å²) in [4.78, 5) is 19.8. The molecule has 0 saturated heterocycles. The fraction of sp³-hybridized carbons (Fsp3) is 0.0833. The van der Waals surface area contributed by atoms with Crippen molar-refractivity contribution in [3.05, 3.63) is 42.4 Å². The van der Waals surface area contributed by atoms with Crippen molar-refractivity contribution in [2.75, 3.05) is 18.2 Å². The number of amides is 1. The second kappa shape index (κ2) is 5.13. The number of nitrogen functional groups attached to an aromatic ring is 1. The summed E-state index contributed by atoms with van der Waals surface area (Å²) in [7, 11) is 1.48. The van der Waals surface area contributed by atoms with Gasteiger partial charge in [-0.15, -0.1) is 0 Å². The minimum absolute atomic E-state index is 0.327. The standard InChI is InChI=1S/C12H12N4O2/c1-18-10-6-8(13)2-3-9(10)12(17)16-11-7-14-4-5-15-11/h2-7H,13H2,1H3,(H,15,16,17). The zero-order valence-electron chi connectivity index (χ0n) is 9.75. The largest absolute Gasteiger partial charge is 0.496 e. The number of anilines is 2. The molecule has 2 rings (SSSR count). The van der Waals surface area contributed by atoms with Crippen LogP contribution in [0.1, 0.15) is 10.4 Å². The number of methoxy groups -OCH3 is 1. The molecule has 0 fully saturated rings. The number of ether oxygens (including phenoxy) is 1. The summed E-state index contributed by atoms with van der Waals surface area (Å²) in [5, 5.41) is 2.62. The Morgan fingerprint density at radius 1 is 1.39 bits per heavy atom. The highest BCUT2D eigenvalue weighted by atomic mass is 16.5. The minimum atomic E-state index is -0.327. The average molecular weight is 244 g/mol. The summed E-state index contributed by atoms with van der Waals surface area (Å²) < 4.78 is 5.11. The van der Waals surface area contributed by atoms with Crippen molar-refractivity contribution in [3.63, 3.8) is 0 Å². The van der Waals surface area contributed by atoms with E-state index in [4.69, 9.17) is 10.5 Å². The maximum atomic E-state index is 12.0. The molecule has 0 radical (unpaired) electrons. The molecule has 0 aliphatic carbocycles. The van der Waals surface area contributed by atoms with E-state index in [1.165, 1.54) is 25.7 Å². The van der Waals surface area contributed by atoms with Crippen molar-refractivity contribution in [3.8, 4) is 5.75 Å². The van der Waals surface area contributed by atoms with Crippen molar-refractivity contribution in [1.82, 2.24) is 9.97 Å². The van der Waals surface area contributed by atoms with Gasteiger partial charge in [0, 0.05) is 24.1 Å². The van der Waals surface area contributed by atoms with Gasteiger partial charge in [-0.1, -0.05) is 0 Å². The average Bonchev–Trinajstić information content (AvgIpc) is 2.39. The van der Waals surface area contributed by atoms with Crippen LogP contribution < -0.4 is 15.8 Å². The molecular formula is C12H12N4O2. The molecule has 92 valence electrons. The van der Waals surface area contributed by atoms with Crippen LogP contribution in [0.25, 0.3) is 0 Å². The molecule has 0 unspecified atom stereocenters. The van der Waals surface area contributed by atoms with Crippen LogP contribution in [0.4, 0.5) is 11.5 Å². The molecule has 0 atom stereocenters. The van der Waals surface area contributed by atoms with E-state index >= 15 is 0 Å². The lowest BCUT2D eigenvalue weighted by Gasteiger charge is -2.09. The molecule has 18 heavy (non-hydrogen) atoms. The molecule has 1 aromatic carbocycles. The second-order valence-corrected chi connectivity index (χ2v) is 3.50. The molecular weight excluding hydrogens is 232 g/mol. The highest BCUT2D eigenvalue weighted by molar-refractivity contribution is 6.05. The lowest BCUT2D eigenvalue weighted by Crippen LogP contribution is -2.14. The molecule has 6 nitrogen and oxygen atoms in total. The number of rotatable bonds is 3. The Bertz CT molecular complexity index is 557. The lowest BCUT2D eigenvalue weighted by molar-refractivity contribution is 0.102. The maximum absolute atomic E-state index is 12.0. The van der Waals surface area contributed by atoms with Gasteiger partial charge in [-0.2, -0.15) is 0 Å². The molecule has 0 saturated carbocycles. The summed E-state index contributed by atoms with van der Waals surface area (Å²) in [6.45, 7) is 0. The van der Waals surface area contributed by atoms with Gasteiger partial charge in [0.15, 0.2) is 5.82 Å². The second-order valence-electron chi connectivity index (χ2n) is 3.50. The molecule has 0 aliphatic heterocycles. The number of aromatic nitrogens is 2. The zero-order chi connectivity index (χ0) is 13.0. The van der Waals surface area contributed by atoms with E-state index in [0.717, 1.165) is 0 Å². The van der Waals surface area contributed by atoms with Gasteiger partial charge >= 0.3 is 0 Å². The van der Waals surface area contributed by atoms with E-state index in [-0.39, 0.29) is 5.91 Å². The third kappa shape index (κ3) is 2.54. The van der Waals surface area contributed by atoms with Crippen LogP contribution in [0.15, 0.2) is 36.8 Å². The Kier molecular flexibility index (Phi) is 3.38. The van der Waals surface area contributed by atoms with Crippen LogP contribution in [0.3, 0.4) is 0 Å². The molecule has 0 bridgehead atoms. The summed E-state index contributed by atoms with van der Waals surface area (Å²) >= 11 is 0. The SMILES string of the molecule is COc1cc(N)ccc1C(=O)Nc1cnccn1. The fourth-order valence-corrected chi connectivity index (χ4v) is 1.44. The van der Waals surface area contributed by atoms with Crippen LogP contribution >= 0.6 is 0 Å². The third-order valence-corrected chi connectivity index (χ3v) is 2.27. The topological polar surface area (TPSA) is 90.1 Å². The Balaban J connectivity index is 2.24. The van der Waals surface area contributed by atoms with Crippen LogP contribution in [0.5, 0.6) is 5.75 Å². The fourth-order valence-electron chi connectivity index (χ4n) is 1.44. The van der Waals surface area contributed by atoms with Gasteiger partial charge in [-0.25, -0.2) is 4.98 Å². The van der Waals surface area contributed by atoms with Crippen molar-refractivity contribution < 1.29 is 9.53 Å². The van der Waals surface area contributed by atoms with Crippen LogP contribution in [0, 0.1) is 0 Å². The van der Waals surface area contributed by atoms with E-state index in [2.05, 4.69) is 15.3 Å². The number of nitrogens with zero attached hydrogens (tertiary/aromatic N) is 2. The Labute approximate surface area is 104 Å². The molecule has 0 aliphatic rings. The predicted molar refractivity (Wildman–Crippen MR) is 67.4 cm³/mol. The van der Waals surface area contributed by atoms with Gasteiger partial charge in [0.25, 0.3) is 5.91 Å². The molecule has 0 spiro atoms. The van der Waals surface area contributed by atoms with E-state index in [1.54, 1.807) is 18.2 Å². The molecule has 1 aromatic heterocycles.